The molecule has 0 spiro atoms. The quantitative estimate of drug-likeness (QED) is 0.772. The van der Waals surface area contributed by atoms with Gasteiger partial charge in [-0.1, -0.05) is 38.1 Å². The summed E-state index contributed by atoms with van der Waals surface area (Å²) in [5.74, 6) is 0.532. The van der Waals surface area contributed by atoms with Crippen LogP contribution in [0.15, 0.2) is 48.5 Å². The minimum atomic E-state index is 0.532. The lowest BCUT2D eigenvalue weighted by molar-refractivity contribution is 0.867. The van der Waals surface area contributed by atoms with E-state index >= 15 is 0 Å². The van der Waals surface area contributed by atoms with E-state index in [9.17, 15) is 0 Å². The number of hydrogen-bond donors (Lipinski definition) is 2. The fraction of sp³-hybridized carbons (Fsp3) is 0.200. The molecule has 0 fully saturated rings. The summed E-state index contributed by atoms with van der Waals surface area (Å²) in [6, 6.07) is 16.2. The molecule has 0 aliphatic carbocycles. The molecule has 2 rings (SSSR count). The van der Waals surface area contributed by atoms with E-state index in [1.807, 2.05) is 24.3 Å². The molecular weight excluding hydrogens is 208 g/mol. The molecule has 2 aromatic carbocycles. The van der Waals surface area contributed by atoms with Gasteiger partial charge in [0, 0.05) is 5.69 Å². The van der Waals surface area contributed by atoms with E-state index in [1.165, 1.54) is 5.56 Å². The largest absolute Gasteiger partial charge is 0.397 e. The Balaban J connectivity index is 2.25. The zero-order chi connectivity index (χ0) is 12.3. The first-order chi connectivity index (χ1) is 8.16. The molecule has 0 bridgehead atoms. The maximum atomic E-state index is 5.90. The van der Waals surface area contributed by atoms with Gasteiger partial charge >= 0.3 is 0 Å². The summed E-state index contributed by atoms with van der Waals surface area (Å²) in [5, 5.41) is 3.34. The highest BCUT2D eigenvalue weighted by molar-refractivity contribution is 5.72. The second-order valence-corrected chi connectivity index (χ2v) is 4.49. The van der Waals surface area contributed by atoms with Crippen LogP contribution in [-0.2, 0) is 0 Å². The summed E-state index contributed by atoms with van der Waals surface area (Å²) in [4.78, 5) is 0. The van der Waals surface area contributed by atoms with Crippen LogP contribution in [0.5, 0.6) is 0 Å². The molecule has 0 unspecified atom stereocenters. The van der Waals surface area contributed by atoms with Gasteiger partial charge < -0.3 is 11.1 Å². The number of hydrogen-bond acceptors (Lipinski definition) is 2. The van der Waals surface area contributed by atoms with Gasteiger partial charge in [-0.15, -0.1) is 0 Å². The predicted octanol–water partition coefficient (Wildman–Crippen LogP) is 4.14. The van der Waals surface area contributed by atoms with Crippen molar-refractivity contribution in [3.63, 3.8) is 0 Å². The smallest absolute Gasteiger partial charge is 0.0617 e. The predicted molar refractivity (Wildman–Crippen MR) is 74.7 cm³/mol. The van der Waals surface area contributed by atoms with E-state index in [-0.39, 0.29) is 0 Å². The van der Waals surface area contributed by atoms with Crippen LogP contribution in [-0.4, -0.2) is 0 Å². The minimum absolute atomic E-state index is 0.532. The van der Waals surface area contributed by atoms with Crippen molar-refractivity contribution in [3.8, 4) is 0 Å². The first-order valence-corrected chi connectivity index (χ1v) is 5.88. The molecule has 0 atom stereocenters. The number of nitrogens with two attached hydrogens (primary N) is 1. The highest BCUT2D eigenvalue weighted by Gasteiger charge is 2.02. The third kappa shape index (κ3) is 2.78. The number of para-hydroxylation sites is 2. The minimum Gasteiger partial charge on any atom is -0.397 e. The summed E-state index contributed by atoms with van der Waals surface area (Å²) in [6.07, 6.45) is 0. The number of anilines is 3. The summed E-state index contributed by atoms with van der Waals surface area (Å²) >= 11 is 0. The van der Waals surface area contributed by atoms with Gasteiger partial charge in [-0.3, -0.25) is 0 Å². The van der Waals surface area contributed by atoms with Gasteiger partial charge in [0.25, 0.3) is 0 Å². The van der Waals surface area contributed by atoms with Crippen molar-refractivity contribution in [1.29, 1.82) is 0 Å². The van der Waals surface area contributed by atoms with Gasteiger partial charge in [0.1, 0.15) is 0 Å². The molecule has 3 N–H and O–H groups in total. The average Bonchev–Trinajstić information content (AvgIpc) is 2.32. The van der Waals surface area contributed by atoms with E-state index in [0.717, 1.165) is 17.1 Å². The lowest BCUT2D eigenvalue weighted by atomic mass is 10.0. The lowest BCUT2D eigenvalue weighted by Crippen LogP contribution is -1.96. The first kappa shape index (κ1) is 11.5. The molecule has 2 nitrogen and oxygen atoms in total. The van der Waals surface area contributed by atoms with Crippen molar-refractivity contribution in [3.05, 3.63) is 54.1 Å². The highest BCUT2D eigenvalue weighted by Crippen LogP contribution is 2.24. The number of nitrogens with one attached hydrogen (secondary N) is 1. The topological polar surface area (TPSA) is 38.0 Å². The zero-order valence-corrected chi connectivity index (χ0v) is 10.3. The summed E-state index contributed by atoms with van der Waals surface area (Å²) < 4.78 is 0. The molecule has 0 radical (unpaired) electrons. The van der Waals surface area contributed by atoms with Gasteiger partial charge in [0.15, 0.2) is 0 Å². The molecule has 0 heterocycles. The van der Waals surface area contributed by atoms with Gasteiger partial charge in [-0.05, 0) is 35.7 Å². The Morgan fingerprint density at radius 3 is 2.47 bits per heavy atom. The van der Waals surface area contributed by atoms with Crippen molar-refractivity contribution in [1.82, 2.24) is 0 Å². The molecule has 0 aliphatic rings. The average molecular weight is 226 g/mol. The monoisotopic (exact) mass is 226 g/mol. The van der Waals surface area contributed by atoms with Crippen LogP contribution in [0.1, 0.15) is 25.3 Å². The number of nitrogen functional groups attached to an aromatic ring is 1. The van der Waals surface area contributed by atoms with Crippen molar-refractivity contribution in [2.24, 2.45) is 0 Å². The van der Waals surface area contributed by atoms with Gasteiger partial charge in [-0.25, -0.2) is 0 Å². The Hall–Kier alpha value is -1.96. The van der Waals surface area contributed by atoms with Crippen molar-refractivity contribution in [2.75, 3.05) is 11.1 Å². The van der Waals surface area contributed by atoms with Crippen LogP contribution in [0.2, 0.25) is 0 Å². The van der Waals surface area contributed by atoms with Gasteiger partial charge in [0.2, 0.25) is 0 Å². The van der Waals surface area contributed by atoms with Crippen LogP contribution in [0.3, 0.4) is 0 Å². The van der Waals surface area contributed by atoms with Crippen LogP contribution < -0.4 is 11.1 Å². The molecule has 0 amide bonds. The maximum Gasteiger partial charge on any atom is 0.0617 e. The Morgan fingerprint density at radius 2 is 1.76 bits per heavy atom. The van der Waals surface area contributed by atoms with Crippen molar-refractivity contribution < 1.29 is 0 Å². The van der Waals surface area contributed by atoms with E-state index in [2.05, 4.69) is 43.4 Å². The van der Waals surface area contributed by atoms with Crippen molar-refractivity contribution in [2.45, 2.75) is 19.8 Å². The van der Waals surface area contributed by atoms with E-state index < -0.39 is 0 Å². The number of rotatable bonds is 3. The SMILES string of the molecule is CC(C)c1cccc(Nc2ccccc2N)c1. The first-order valence-electron chi connectivity index (χ1n) is 5.88. The van der Waals surface area contributed by atoms with E-state index in [4.69, 9.17) is 5.73 Å². The molecule has 0 aromatic heterocycles. The Kier molecular flexibility index (Phi) is 3.33. The number of benzene rings is 2. The van der Waals surface area contributed by atoms with Crippen LogP contribution in [0.4, 0.5) is 17.1 Å². The van der Waals surface area contributed by atoms with Crippen LogP contribution in [0, 0.1) is 0 Å². The molecule has 0 saturated carbocycles. The summed E-state index contributed by atoms with van der Waals surface area (Å²) in [5.41, 5.74) is 10.0. The Bertz CT molecular complexity index is 504. The van der Waals surface area contributed by atoms with Crippen LogP contribution >= 0.6 is 0 Å². The zero-order valence-electron chi connectivity index (χ0n) is 10.3. The second-order valence-electron chi connectivity index (χ2n) is 4.49. The summed E-state index contributed by atoms with van der Waals surface area (Å²) in [6.45, 7) is 4.38. The fourth-order valence-corrected chi connectivity index (χ4v) is 1.74. The maximum absolute atomic E-state index is 5.90. The van der Waals surface area contributed by atoms with Crippen molar-refractivity contribution >= 4 is 17.1 Å². The van der Waals surface area contributed by atoms with E-state index in [0.29, 0.717) is 5.92 Å². The normalized spacial score (nSPS) is 10.5. The standard InChI is InChI=1S/C15H18N2/c1-11(2)12-6-5-7-13(10-12)17-15-9-4-3-8-14(15)16/h3-11,17H,16H2,1-2H3. The third-order valence-corrected chi connectivity index (χ3v) is 2.79. The van der Waals surface area contributed by atoms with Gasteiger partial charge in [-0.2, -0.15) is 0 Å². The lowest BCUT2D eigenvalue weighted by Gasteiger charge is -2.11. The molecule has 2 aromatic rings. The molecule has 88 valence electrons. The molecule has 0 aliphatic heterocycles. The van der Waals surface area contributed by atoms with Gasteiger partial charge in [0.05, 0.1) is 11.4 Å². The van der Waals surface area contributed by atoms with E-state index in [1.54, 1.807) is 0 Å². The second kappa shape index (κ2) is 4.91. The Morgan fingerprint density at radius 1 is 1.00 bits per heavy atom. The third-order valence-electron chi connectivity index (χ3n) is 2.79. The Labute approximate surface area is 102 Å². The molecule has 2 heteroatoms. The highest BCUT2D eigenvalue weighted by atomic mass is 14.9. The molecular formula is C15H18N2. The van der Waals surface area contributed by atoms with Crippen LogP contribution in [0.25, 0.3) is 0 Å². The molecule has 17 heavy (non-hydrogen) atoms. The fourth-order valence-electron chi connectivity index (χ4n) is 1.74. The summed E-state index contributed by atoms with van der Waals surface area (Å²) in [7, 11) is 0. The molecule has 0 saturated heterocycles.